The maximum Gasteiger partial charge on any atom is 0.257 e. The minimum absolute atomic E-state index is 0. The van der Waals surface area contributed by atoms with Crippen LogP contribution in [0.2, 0.25) is 0 Å². The maximum absolute atomic E-state index is 10.5. The second kappa shape index (κ2) is 4.30. The molecular formula is C6H11ClN2O. The van der Waals surface area contributed by atoms with Crippen molar-refractivity contribution in [2.45, 2.75) is 19.3 Å². The van der Waals surface area contributed by atoms with Crippen molar-refractivity contribution in [3.63, 3.8) is 0 Å². The van der Waals surface area contributed by atoms with Gasteiger partial charge >= 0.3 is 0 Å². The van der Waals surface area contributed by atoms with E-state index in [9.17, 15) is 4.79 Å². The largest absolute Gasteiger partial charge is 0.291 e. The van der Waals surface area contributed by atoms with Gasteiger partial charge in [0.25, 0.3) is 5.91 Å². The molecule has 0 radical (unpaired) electrons. The maximum atomic E-state index is 10.5. The number of hydrazine groups is 1. The van der Waals surface area contributed by atoms with E-state index in [-0.39, 0.29) is 18.3 Å². The Kier molecular flexibility index (Phi) is 4.07. The van der Waals surface area contributed by atoms with Crippen molar-refractivity contribution in [1.29, 1.82) is 0 Å². The zero-order chi connectivity index (χ0) is 6.69. The molecule has 1 fully saturated rings. The molecule has 1 saturated carbocycles. The average Bonchev–Trinajstić information content (AvgIpc) is 1.78. The van der Waals surface area contributed by atoms with Crippen LogP contribution in [0.15, 0.2) is 11.6 Å². The molecule has 0 unspecified atom stereocenters. The quantitative estimate of drug-likeness (QED) is 0.256. The van der Waals surface area contributed by atoms with Crippen LogP contribution in [0.3, 0.4) is 0 Å². The zero-order valence-electron chi connectivity index (χ0n) is 5.59. The van der Waals surface area contributed by atoms with Crippen LogP contribution < -0.4 is 11.3 Å². The van der Waals surface area contributed by atoms with Crippen LogP contribution in [0.4, 0.5) is 0 Å². The lowest BCUT2D eigenvalue weighted by atomic mass is 9.92. The summed E-state index contributed by atoms with van der Waals surface area (Å²) in [6.07, 6.45) is 4.91. The summed E-state index contributed by atoms with van der Waals surface area (Å²) in [4.78, 5) is 10.5. The number of amides is 1. The van der Waals surface area contributed by atoms with Crippen molar-refractivity contribution in [1.82, 2.24) is 5.43 Å². The second-order valence-electron chi connectivity index (χ2n) is 2.16. The lowest BCUT2D eigenvalue weighted by Crippen LogP contribution is -2.28. The number of allylic oxidation sites excluding steroid dienone is 1. The topological polar surface area (TPSA) is 55.1 Å². The van der Waals surface area contributed by atoms with Gasteiger partial charge in [0.2, 0.25) is 0 Å². The Morgan fingerprint density at radius 3 is 2.50 bits per heavy atom. The van der Waals surface area contributed by atoms with E-state index in [4.69, 9.17) is 5.84 Å². The molecule has 0 atom stereocenters. The number of hydrogen-bond donors (Lipinski definition) is 2. The van der Waals surface area contributed by atoms with Crippen molar-refractivity contribution in [2.24, 2.45) is 5.84 Å². The van der Waals surface area contributed by atoms with Gasteiger partial charge < -0.3 is 0 Å². The summed E-state index contributed by atoms with van der Waals surface area (Å²) in [5, 5.41) is 0. The number of halogens is 1. The zero-order valence-corrected chi connectivity index (χ0v) is 6.41. The molecule has 1 amide bonds. The molecule has 1 aliphatic carbocycles. The van der Waals surface area contributed by atoms with Crippen molar-refractivity contribution >= 4 is 18.3 Å². The van der Waals surface area contributed by atoms with Crippen LogP contribution >= 0.6 is 12.4 Å². The van der Waals surface area contributed by atoms with Gasteiger partial charge in [0.15, 0.2) is 0 Å². The molecule has 10 heavy (non-hydrogen) atoms. The molecule has 3 nitrogen and oxygen atoms in total. The highest BCUT2D eigenvalue weighted by Crippen LogP contribution is 2.24. The molecule has 3 N–H and O–H groups in total. The molecule has 0 aliphatic heterocycles. The molecule has 0 aromatic rings. The molecule has 0 heterocycles. The first-order valence-corrected chi connectivity index (χ1v) is 3.03. The summed E-state index contributed by atoms with van der Waals surface area (Å²) in [6.45, 7) is 0. The van der Waals surface area contributed by atoms with Gasteiger partial charge in [-0.25, -0.2) is 5.84 Å². The first kappa shape index (κ1) is 9.46. The second-order valence-corrected chi connectivity index (χ2v) is 2.16. The van der Waals surface area contributed by atoms with E-state index in [0.717, 1.165) is 12.8 Å². The third-order valence-corrected chi connectivity index (χ3v) is 1.47. The van der Waals surface area contributed by atoms with E-state index in [2.05, 4.69) is 0 Å². The molecule has 1 aliphatic rings. The van der Waals surface area contributed by atoms with Crippen molar-refractivity contribution in [3.8, 4) is 0 Å². The van der Waals surface area contributed by atoms with Gasteiger partial charge in [0, 0.05) is 6.08 Å². The van der Waals surface area contributed by atoms with E-state index in [1.165, 1.54) is 12.0 Å². The standard InChI is InChI=1S/C6H10N2O.ClH/c7-8-6(9)4-5-2-1-3-5;/h4H,1-3,7H2,(H,8,9);1H. The number of nitrogens with two attached hydrogens (primary N) is 1. The molecular weight excluding hydrogens is 152 g/mol. The fourth-order valence-corrected chi connectivity index (χ4v) is 0.752. The summed E-state index contributed by atoms with van der Waals surface area (Å²) in [5.41, 5.74) is 3.26. The van der Waals surface area contributed by atoms with E-state index in [1.807, 2.05) is 5.43 Å². The Morgan fingerprint density at radius 2 is 2.20 bits per heavy atom. The normalized spacial score (nSPS) is 14.7. The predicted octanol–water partition coefficient (Wildman–Crippen LogP) is 0.508. The number of rotatable bonds is 1. The fraction of sp³-hybridized carbons (Fsp3) is 0.500. The lowest BCUT2D eigenvalue weighted by molar-refractivity contribution is -0.116. The monoisotopic (exact) mass is 162 g/mol. The summed E-state index contributed by atoms with van der Waals surface area (Å²) in [5.74, 6) is 4.66. The molecule has 0 saturated heterocycles. The lowest BCUT2D eigenvalue weighted by Gasteiger charge is -2.14. The van der Waals surface area contributed by atoms with Crippen LogP contribution in [-0.4, -0.2) is 5.91 Å². The summed E-state index contributed by atoms with van der Waals surface area (Å²) in [6, 6.07) is 0. The summed E-state index contributed by atoms with van der Waals surface area (Å²) in [7, 11) is 0. The van der Waals surface area contributed by atoms with Gasteiger partial charge in [-0.1, -0.05) is 5.57 Å². The number of carbonyl (C=O) groups is 1. The minimum Gasteiger partial charge on any atom is -0.291 e. The van der Waals surface area contributed by atoms with Gasteiger partial charge in [-0.3, -0.25) is 10.2 Å². The van der Waals surface area contributed by atoms with Gasteiger partial charge in [-0.05, 0) is 19.3 Å². The first-order valence-electron chi connectivity index (χ1n) is 3.03. The van der Waals surface area contributed by atoms with Crippen molar-refractivity contribution < 1.29 is 4.79 Å². The molecule has 1 rings (SSSR count). The summed E-state index contributed by atoms with van der Waals surface area (Å²) < 4.78 is 0. The Morgan fingerprint density at radius 1 is 1.60 bits per heavy atom. The number of carbonyl (C=O) groups excluding carboxylic acids is 1. The fourth-order valence-electron chi connectivity index (χ4n) is 0.752. The summed E-state index contributed by atoms with van der Waals surface area (Å²) >= 11 is 0. The van der Waals surface area contributed by atoms with E-state index >= 15 is 0 Å². The molecule has 0 aromatic carbocycles. The number of nitrogens with one attached hydrogen (secondary N) is 1. The van der Waals surface area contributed by atoms with Gasteiger partial charge in [0.1, 0.15) is 0 Å². The van der Waals surface area contributed by atoms with Crippen molar-refractivity contribution in [2.75, 3.05) is 0 Å². The predicted molar refractivity (Wildman–Crippen MR) is 41.5 cm³/mol. The van der Waals surface area contributed by atoms with E-state index in [0.29, 0.717) is 0 Å². The average molecular weight is 163 g/mol. The Labute approximate surface area is 66.0 Å². The Balaban J connectivity index is 0.000000810. The van der Waals surface area contributed by atoms with Gasteiger partial charge in [-0.15, -0.1) is 12.4 Å². The van der Waals surface area contributed by atoms with Gasteiger partial charge in [0.05, 0.1) is 0 Å². The molecule has 0 spiro atoms. The first-order chi connectivity index (χ1) is 4.33. The van der Waals surface area contributed by atoms with Crippen LogP contribution in [0.1, 0.15) is 19.3 Å². The smallest absolute Gasteiger partial charge is 0.257 e. The van der Waals surface area contributed by atoms with Crippen LogP contribution in [0.25, 0.3) is 0 Å². The SMILES string of the molecule is Cl.NNC(=O)C=C1CCC1. The Hall–Kier alpha value is -0.540. The molecule has 4 heteroatoms. The molecule has 58 valence electrons. The van der Waals surface area contributed by atoms with Crippen LogP contribution in [-0.2, 0) is 4.79 Å². The van der Waals surface area contributed by atoms with E-state index < -0.39 is 0 Å². The third kappa shape index (κ3) is 2.37. The van der Waals surface area contributed by atoms with Crippen LogP contribution in [0, 0.1) is 0 Å². The van der Waals surface area contributed by atoms with Crippen LogP contribution in [0.5, 0.6) is 0 Å². The minimum atomic E-state index is -0.190. The third-order valence-electron chi connectivity index (χ3n) is 1.47. The highest BCUT2D eigenvalue weighted by atomic mass is 35.5. The van der Waals surface area contributed by atoms with E-state index in [1.54, 1.807) is 6.08 Å². The highest BCUT2D eigenvalue weighted by molar-refractivity contribution is 5.87. The number of hydrogen-bond acceptors (Lipinski definition) is 2. The van der Waals surface area contributed by atoms with Crippen molar-refractivity contribution in [3.05, 3.63) is 11.6 Å². The highest BCUT2D eigenvalue weighted by Gasteiger charge is 2.08. The van der Waals surface area contributed by atoms with Gasteiger partial charge in [-0.2, -0.15) is 0 Å². The Bertz CT molecular complexity index is 150. The molecule has 0 aromatic heterocycles. The molecule has 0 bridgehead atoms.